The smallest absolute Gasteiger partial charge is 0.334 e. The second-order valence-corrected chi connectivity index (χ2v) is 3.83. The van der Waals surface area contributed by atoms with E-state index in [1.807, 2.05) is 0 Å². The monoisotopic (exact) mass is 269 g/mol. The summed E-state index contributed by atoms with van der Waals surface area (Å²) in [6.45, 7) is -0.495. The average molecular weight is 270 g/mol. The molecule has 1 aromatic rings. The number of hydrogen-bond donors (Lipinski definition) is 0. The molecular formula is C10H8ClF4NO. The second kappa shape index (κ2) is 4.91. The molecule has 0 radical (unpaired) electrons. The highest BCUT2D eigenvalue weighted by atomic mass is 35.5. The highest BCUT2D eigenvalue weighted by molar-refractivity contribution is 6.30. The number of rotatable bonds is 2. The quantitative estimate of drug-likeness (QED) is 0.756. The van der Waals surface area contributed by atoms with Gasteiger partial charge in [-0.15, -0.1) is 0 Å². The van der Waals surface area contributed by atoms with Crippen LogP contribution < -0.4 is 0 Å². The highest BCUT2D eigenvalue weighted by Crippen LogP contribution is 2.21. The van der Waals surface area contributed by atoms with Gasteiger partial charge in [0.2, 0.25) is 0 Å². The Bertz CT molecular complexity index is 433. The van der Waals surface area contributed by atoms with Crippen LogP contribution in [0.3, 0.4) is 0 Å². The number of carbonyl (C=O) groups excluding carboxylic acids is 1. The molecule has 0 fully saturated rings. The Balaban J connectivity index is 2.85. The van der Waals surface area contributed by atoms with Gasteiger partial charge in [-0.25, -0.2) is 4.39 Å². The maximum atomic E-state index is 13.2. The molecule has 0 atom stereocenters. The van der Waals surface area contributed by atoms with E-state index in [-0.39, 0.29) is 10.6 Å². The average Bonchev–Trinajstić information content (AvgIpc) is 2.21. The molecule has 0 bridgehead atoms. The van der Waals surface area contributed by atoms with Crippen LogP contribution in [0.15, 0.2) is 18.2 Å². The van der Waals surface area contributed by atoms with E-state index >= 15 is 0 Å². The summed E-state index contributed by atoms with van der Waals surface area (Å²) in [6, 6.07) is 3.48. The Morgan fingerprint density at radius 1 is 1.41 bits per heavy atom. The summed E-state index contributed by atoms with van der Waals surface area (Å²) in [5, 5.41) is 0.189. The minimum atomic E-state index is -4.97. The standard InChI is InChI=1S/C10H8ClF4NO/c1-16(9(17)10(13,14)15)5-6-4-7(11)2-3-8(6)12/h2-4H,5H2,1H3. The van der Waals surface area contributed by atoms with Crippen molar-refractivity contribution >= 4 is 17.5 Å². The predicted molar refractivity (Wildman–Crippen MR) is 53.9 cm³/mol. The van der Waals surface area contributed by atoms with Crippen LogP contribution in [0.5, 0.6) is 0 Å². The van der Waals surface area contributed by atoms with Crippen molar-refractivity contribution in [3.05, 3.63) is 34.6 Å². The Kier molecular flexibility index (Phi) is 3.98. The molecular weight excluding hydrogens is 262 g/mol. The molecule has 0 aromatic heterocycles. The first-order valence-electron chi connectivity index (χ1n) is 4.48. The fourth-order valence-corrected chi connectivity index (χ4v) is 1.40. The zero-order valence-corrected chi connectivity index (χ0v) is 9.44. The fraction of sp³-hybridized carbons (Fsp3) is 0.300. The van der Waals surface area contributed by atoms with Crippen LogP contribution in [0.4, 0.5) is 17.6 Å². The van der Waals surface area contributed by atoms with E-state index < -0.39 is 24.4 Å². The van der Waals surface area contributed by atoms with Gasteiger partial charge in [-0.2, -0.15) is 13.2 Å². The molecule has 0 aliphatic heterocycles. The molecule has 0 aliphatic rings. The third kappa shape index (κ3) is 3.59. The molecule has 0 heterocycles. The van der Waals surface area contributed by atoms with Crippen LogP contribution in [-0.4, -0.2) is 24.0 Å². The van der Waals surface area contributed by atoms with Crippen LogP contribution in [0, 0.1) is 5.82 Å². The third-order valence-corrected chi connectivity index (χ3v) is 2.24. The molecule has 0 unspecified atom stereocenters. The second-order valence-electron chi connectivity index (χ2n) is 3.39. The lowest BCUT2D eigenvalue weighted by Crippen LogP contribution is -2.38. The Morgan fingerprint density at radius 3 is 2.53 bits per heavy atom. The summed E-state index contributed by atoms with van der Waals surface area (Å²) in [6.07, 6.45) is -4.97. The van der Waals surface area contributed by atoms with Crippen LogP contribution >= 0.6 is 11.6 Å². The van der Waals surface area contributed by atoms with Gasteiger partial charge < -0.3 is 4.90 Å². The lowest BCUT2D eigenvalue weighted by molar-refractivity contribution is -0.184. The number of benzene rings is 1. The molecule has 17 heavy (non-hydrogen) atoms. The SMILES string of the molecule is CN(Cc1cc(Cl)ccc1F)C(=O)C(F)(F)F. The van der Waals surface area contributed by atoms with E-state index in [0.29, 0.717) is 4.90 Å². The molecule has 2 nitrogen and oxygen atoms in total. The van der Waals surface area contributed by atoms with Gasteiger partial charge in [-0.1, -0.05) is 11.6 Å². The largest absolute Gasteiger partial charge is 0.471 e. The lowest BCUT2D eigenvalue weighted by Gasteiger charge is -2.19. The summed E-state index contributed by atoms with van der Waals surface area (Å²) < 4.78 is 49.4. The zero-order chi connectivity index (χ0) is 13.2. The molecule has 0 aliphatic carbocycles. The third-order valence-electron chi connectivity index (χ3n) is 2.00. The minimum absolute atomic E-state index is 0.0717. The lowest BCUT2D eigenvalue weighted by atomic mass is 10.2. The maximum absolute atomic E-state index is 13.2. The van der Waals surface area contributed by atoms with Crippen LogP contribution in [0.2, 0.25) is 5.02 Å². The van der Waals surface area contributed by atoms with Crippen molar-refractivity contribution in [2.45, 2.75) is 12.7 Å². The molecule has 0 saturated heterocycles. The van der Waals surface area contributed by atoms with E-state index in [1.165, 1.54) is 12.1 Å². The Hall–Kier alpha value is -1.30. The number of nitrogens with zero attached hydrogens (tertiary/aromatic N) is 1. The van der Waals surface area contributed by atoms with E-state index in [9.17, 15) is 22.4 Å². The van der Waals surface area contributed by atoms with Gasteiger partial charge in [0.05, 0.1) is 0 Å². The van der Waals surface area contributed by atoms with Crippen LogP contribution in [0.1, 0.15) is 5.56 Å². The Morgan fingerprint density at radius 2 is 2.00 bits per heavy atom. The van der Waals surface area contributed by atoms with Gasteiger partial charge in [0.15, 0.2) is 0 Å². The predicted octanol–water partition coefficient (Wildman–Crippen LogP) is 3.00. The summed E-state index contributed by atoms with van der Waals surface area (Å²) >= 11 is 5.58. The molecule has 0 spiro atoms. The van der Waals surface area contributed by atoms with Crippen molar-refractivity contribution in [1.29, 1.82) is 0 Å². The molecule has 1 rings (SSSR count). The molecule has 0 N–H and O–H groups in total. The Labute approximate surface area is 99.8 Å². The number of alkyl halides is 3. The molecule has 1 amide bonds. The van der Waals surface area contributed by atoms with Crippen molar-refractivity contribution in [2.75, 3.05) is 7.05 Å². The van der Waals surface area contributed by atoms with Crippen molar-refractivity contribution < 1.29 is 22.4 Å². The first kappa shape index (κ1) is 13.8. The first-order valence-corrected chi connectivity index (χ1v) is 4.86. The van der Waals surface area contributed by atoms with E-state index in [4.69, 9.17) is 11.6 Å². The van der Waals surface area contributed by atoms with Crippen LogP contribution in [-0.2, 0) is 11.3 Å². The van der Waals surface area contributed by atoms with Crippen molar-refractivity contribution in [1.82, 2.24) is 4.90 Å². The molecule has 0 saturated carbocycles. The number of carbonyl (C=O) groups is 1. The topological polar surface area (TPSA) is 20.3 Å². The van der Waals surface area contributed by atoms with E-state index in [1.54, 1.807) is 0 Å². The minimum Gasteiger partial charge on any atom is -0.334 e. The maximum Gasteiger partial charge on any atom is 0.471 e. The van der Waals surface area contributed by atoms with Gasteiger partial charge in [-0.05, 0) is 18.2 Å². The van der Waals surface area contributed by atoms with Crippen LogP contribution in [0.25, 0.3) is 0 Å². The molecule has 1 aromatic carbocycles. The summed E-state index contributed by atoms with van der Waals surface area (Å²) in [5.41, 5.74) is -0.0717. The number of amides is 1. The zero-order valence-electron chi connectivity index (χ0n) is 8.68. The van der Waals surface area contributed by atoms with Gasteiger partial charge in [0.1, 0.15) is 5.82 Å². The molecule has 94 valence electrons. The van der Waals surface area contributed by atoms with E-state index in [2.05, 4.69) is 0 Å². The van der Waals surface area contributed by atoms with Gasteiger partial charge in [0, 0.05) is 24.2 Å². The highest BCUT2D eigenvalue weighted by Gasteiger charge is 2.41. The summed E-state index contributed by atoms with van der Waals surface area (Å²) in [5.74, 6) is -2.74. The van der Waals surface area contributed by atoms with Crippen molar-refractivity contribution in [2.24, 2.45) is 0 Å². The summed E-state index contributed by atoms with van der Waals surface area (Å²) in [7, 11) is 0.941. The fourth-order valence-electron chi connectivity index (χ4n) is 1.21. The van der Waals surface area contributed by atoms with E-state index in [0.717, 1.165) is 13.1 Å². The molecule has 7 heteroatoms. The van der Waals surface area contributed by atoms with Crippen molar-refractivity contribution in [3.8, 4) is 0 Å². The van der Waals surface area contributed by atoms with Crippen molar-refractivity contribution in [3.63, 3.8) is 0 Å². The number of halogens is 5. The van der Waals surface area contributed by atoms with Gasteiger partial charge in [-0.3, -0.25) is 4.79 Å². The van der Waals surface area contributed by atoms with Gasteiger partial charge >= 0.3 is 12.1 Å². The van der Waals surface area contributed by atoms with Gasteiger partial charge in [0.25, 0.3) is 0 Å². The normalized spacial score (nSPS) is 11.4. The summed E-state index contributed by atoms with van der Waals surface area (Å²) in [4.78, 5) is 11.2. The first-order chi connectivity index (χ1) is 7.71. The number of hydrogen-bond acceptors (Lipinski definition) is 1.